The predicted octanol–water partition coefficient (Wildman–Crippen LogP) is 1.42. The normalized spacial score (nSPS) is 17.8. The molecule has 3 rings (SSSR count). The molecule has 24 heavy (non-hydrogen) atoms. The number of para-hydroxylation sites is 1. The number of hydrogen-bond acceptors (Lipinski definition) is 3. The van der Waals surface area contributed by atoms with E-state index in [1.807, 2.05) is 50.2 Å². The molecule has 2 heterocycles. The first kappa shape index (κ1) is 16.3. The summed E-state index contributed by atoms with van der Waals surface area (Å²) in [6.07, 6.45) is -0.736. The van der Waals surface area contributed by atoms with Gasteiger partial charge in [-0.1, -0.05) is 18.2 Å². The highest BCUT2D eigenvalue weighted by Crippen LogP contribution is 2.22. The lowest BCUT2D eigenvalue weighted by atomic mass is 10.2. The van der Waals surface area contributed by atoms with Crippen molar-refractivity contribution in [2.24, 2.45) is 5.73 Å². The molecule has 1 aliphatic rings. The maximum absolute atomic E-state index is 12.9. The Hall–Kier alpha value is -2.60. The van der Waals surface area contributed by atoms with Gasteiger partial charge in [0.25, 0.3) is 5.91 Å². The Morgan fingerprint density at radius 1 is 1.21 bits per heavy atom. The van der Waals surface area contributed by atoms with E-state index in [1.165, 1.54) is 0 Å². The van der Waals surface area contributed by atoms with Gasteiger partial charge in [0, 0.05) is 23.6 Å². The Bertz CT molecular complexity index is 767. The molecule has 6 heteroatoms. The van der Waals surface area contributed by atoms with E-state index in [0.29, 0.717) is 18.7 Å². The summed E-state index contributed by atoms with van der Waals surface area (Å²) in [7, 11) is 0. The number of nitrogens with zero attached hydrogens (tertiary/aromatic N) is 2. The number of primary amides is 1. The average molecular weight is 327 g/mol. The fraction of sp³-hybridized carbons (Fsp3) is 0.333. The van der Waals surface area contributed by atoms with Gasteiger partial charge in [0.15, 0.2) is 6.10 Å². The van der Waals surface area contributed by atoms with Crippen LogP contribution in [0, 0.1) is 13.8 Å². The van der Waals surface area contributed by atoms with Crippen molar-refractivity contribution in [2.45, 2.75) is 20.0 Å². The van der Waals surface area contributed by atoms with Crippen molar-refractivity contribution in [3.63, 3.8) is 0 Å². The molecule has 1 aliphatic heterocycles. The zero-order valence-corrected chi connectivity index (χ0v) is 13.9. The Balaban J connectivity index is 1.90. The summed E-state index contributed by atoms with van der Waals surface area (Å²) in [4.78, 5) is 25.8. The molecule has 0 bridgehead atoms. The van der Waals surface area contributed by atoms with Crippen molar-refractivity contribution < 1.29 is 14.3 Å². The van der Waals surface area contributed by atoms with Crippen molar-refractivity contribution in [3.8, 4) is 5.69 Å². The summed E-state index contributed by atoms with van der Waals surface area (Å²) in [6, 6.07) is 11.8. The molecular formula is C18H21N3O3. The van der Waals surface area contributed by atoms with Crippen molar-refractivity contribution >= 4 is 11.8 Å². The number of rotatable bonds is 3. The van der Waals surface area contributed by atoms with Gasteiger partial charge in [-0.3, -0.25) is 9.59 Å². The van der Waals surface area contributed by atoms with Crippen molar-refractivity contribution in [3.05, 3.63) is 53.3 Å². The summed E-state index contributed by atoms with van der Waals surface area (Å²) in [6.45, 7) is 4.87. The van der Waals surface area contributed by atoms with Crippen molar-refractivity contribution in [1.82, 2.24) is 9.47 Å². The third-order valence-corrected chi connectivity index (χ3v) is 4.35. The minimum absolute atomic E-state index is 0.0974. The van der Waals surface area contributed by atoms with Crippen LogP contribution in [0.25, 0.3) is 5.69 Å². The number of amides is 2. The van der Waals surface area contributed by atoms with Crippen LogP contribution in [0.3, 0.4) is 0 Å². The number of aryl methyl sites for hydroxylation is 1. The summed E-state index contributed by atoms with van der Waals surface area (Å²) in [5, 5.41) is 0. The second kappa shape index (κ2) is 6.49. The quantitative estimate of drug-likeness (QED) is 0.926. The van der Waals surface area contributed by atoms with Crippen LogP contribution in [0.1, 0.15) is 21.7 Å². The number of aromatic nitrogens is 1. The molecule has 2 amide bonds. The topological polar surface area (TPSA) is 77.6 Å². The predicted molar refractivity (Wildman–Crippen MR) is 90.1 cm³/mol. The van der Waals surface area contributed by atoms with Crippen molar-refractivity contribution in [2.75, 3.05) is 19.7 Å². The van der Waals surface area contributed by atoms with Crippen LogP contribution in [0.4, 0.5) is 0 Å². The molecular weight excluding hydrogens is 306 g/mol. The van der Waals surface area contributed by atoms with Gasteiger partial charge in [0.05, 0.1) is 18.7 Å². The standard InChI is InChI=1S/C18H21N3O3/c1-12-10-15(13(2)21(12)14-6-4-3-5-7-14)18(23)20-8-9-24-16(11-20)17(19)22/h3-7,10,16H,8-9,11H2,1-2H3,(H2,19,22)/t16-/m0/s1. The number of carbonyl (C=O) groups excluding carboxylic acids is 2. The largest absolute Gasteiger partial charge is 0.367 e. The molecule has 1 aromatic carbocycles. The van der Waals surface area contributed by atoms with Gasteiger partial charge >= 0.3 is 0 Å². The highest BCUT2D eigenvalue weighted by Gasteiger charge is 2.30. The van der Waals surface area contributed by atoms with E-state index >= 15 is 0 Å². The molecule has 0 spiro atoms. The Labute approximate surface area is 140 Å². The lowest BCUT2D eigenvalue weighted by Gasteiger charge is -2.31. The van der Waals surface area contributed by atoms with Gasteiger partial charge in [-0.05, 0) is 32.0 Å². The summed E-state index contributed by atoms with van der Waals surface area (Å²) in [5.74, 6) is -0.637. The molecule has 2 aromatic rings. The smallest absolute Gasteiger partial charge is 0.255 e. The SMILES string of the molecule is Cc1cc(C(=O)N2CCO[C@H](C(N)=O)C2)c(C)n1-c1ccccc1. The first-order valence-corrected chi connectivity index (χ1v) is 7.93. The molecule has 1 atom stereocenters. The number of ether oxygens (including phenoxy) is 1. The van der Waals surface area contributed by atoms with Crippen LogP contribution in [0.5, 0.6) is 0 Å². The van der Waals surface area contributed by atoms with Crippen LogP contribution >= 0.6 is 0 Å². The lowest BCUT2D eigenvalue weighted by molar-refractivity contribution is -0.133. The first-order chi connectivity index (χ1) is 11.5. The second-order valence-corrected chi connectivity index (χ2v) is 5.97. The number of benzene rings is 1. The van der Waals surface area contributed by atoms with Gasteiger partial charge in [0.1, 0.15) is 0 Å². The Morgan fingerprint density at radius 2 is 1.92 bits per heavy atom. The van der Waals surface area contributed by atoms with E-state index in [0.717, 1.165) is 17.1 Å². The van der Waals surface area contributed by atoms with Crippen LogP contribution in [-0.4, -0.2) is 47.1 Å². The van der Waals surface area contributed by atoms with Crippen LogP contribution < -0.4 is 5.73 Å². The van der Waals surface area contributed by atoms with E-state index in [4.69, 9.17) is 10.5 Å². The van der Waals surface area contributed by atoms with Gasteiger partial charge in [-0.15, -0.1) is 0 Å². The second-order valence-electron chi connectivity index (χ2n) is 5.97. The molecule has 126 valence electrons. The highest BCUT2D eigenvalue weighted by molar-refractivity contribution is 5.96. The number of carbonyl (C=O) groups is 2. The van der Waals surface area contributed by atoms with Gasteiger partial charge in [-0.25, -0.2) is 0 Å². The molecule has 2 N–H and O–H groups in total. The summed E-state index contributed by atoms with van der Waals surface area (Å²) >= 11 is 0. The Kier molecular flexibility index (Phi) is 4.40. The summed E-state index contributed by atoms with van der Waals surface area (Å²) < 4.78 is 7.37. The number of hydrogen-bond donors (Lipinski definition) is 1. The minimum Gasteiger partial charge on any atom is -0.367 e. The fourth-order valence-electron chi connectivity index (χ4n) is 3.13. The van der Waals surface area contributed by atoms with E-state index in [1.54, 1.807) is 4.90 Å². The average Bonchev–Trinajstić information content (AvgIpc) is 2.89. The van der Waals surface area contributed by atoms with Crippen LogP contribution in [-0.2, 0) is 9.53 Å². The molecule has 0 radical (unpaired) electrons. The minimum atomic E-state index is -0.736. The summed E-state index contributed by atoms with van der Waals surface area (Å²) in [5.41, 5.74) is 8.82. The maximum Gasteiger partial charge on any atom is 0.255 e. The maximum atomic E-state index is 12.9. The monoisotopic (exact) mass is 327 g/mol. The lowest BCUT2D eigenvalue weighted by Crippen LogP contribution is -2.50. The van der Waals surface area contributed by atoms with E-state index < -0.39 is 12.0 Å². The van der Waals surface area contributed by atoms with Gasteiger partial charge in [-0.2, -0.15) is 0 Å². The van der Waals surface area contributed by atoms with E-state index in [9.17, 15) is 9.59 Å². The van der Waals surface area contributed by atoms with E-state index in [2.05, 4.69) is 4.57 Å². The zero-order chi connectivity index (χ0) is 17.3. The molecule has 0 unspecified atom stereocenters. The van der Waals surface area contributed by atoms with Gasteiger partial charge < -0.3 is 19.9 Å². The fourth-order valence-corrected chi connectivity index (χ4v) is 3.13. The van der Waals surface area contributed by atoms with Gasteiger partial charge in [0.2, 0.25) is 5.91 Å². The highest BCUT2D eigenvalue weighted by atomic mass is 16.5. The van der Waals surface area contributed by atoms with E-state index in [-0.39, 0.29) is 12.5 Å². The first-order valence-electron chi connectivity index (χ1n) is 7.93. The molecule has 0 aliphatic carbocycles. The molecule has 1 fully saturated rings. The molecule has 1 aromatic heterocycles. The molecule has 1 saturated heterocycles. The number of morpholine rings is 1. The van der Waals surface area contributed by atoms with Crippen LogP contribution in [0.15, 0.2) is 36.4 Å². The third-order valence-electron chi connectivity index (χ3n) is 4.35. The number of nitrogens with two attached hydrogens (primary N) is 1. The third kappa shape index (κ3) is 2.92. The Morgan fingerprint density at radius 3 is 2.58 bits per heavy atom. The van der Waals surface area contributed by atoms with Crippen LogP contribution in [0.2, 0.25) is 0 Å². The molecule has 6 nitrogen and oxygen atoms in total. The molecule has 0 saturated carbocycles. The van der Waals surface area contributed by atoms with Crippen molar-refractivity contribution in [1.29, 1.82) is 0 Å². The zero-order valence-electron chi connectivity index (χ0n) is 13.9.